The topological polar surface area (TPSA) is 138 Å². The molecule has 1 heterocycles. The van der Waals surface area contributed by atoms with E-state index in [-0.39, 0.29) is 29.7 Å². The average Bonchev–Trinajstić information content (AvgIpc) is 2.43. The molecule has 0 atom stereocenters. The predicted molar refractivity (Wildman–Crippen MR) is 75.5 cm³/mol. The molecule has 0 saturated heterocycles. The molecule has 1 aliphatic rings. The molecule has 1 aromatic heterocycles. The molecule has 114 valence electrons. The third kappa shape index (κ3) is 3.02. The zero-order valence-corrected chi connectivity index (χ0v) is 11.3. The van der Waals surface area contributed by atoms with Crippen molar-refractivity contribution in [2.75, 3.05) is 18.1 Å². The largest absolute Gasteiger partial charge is 0.409 e. The maximum absolute atomic E-state index is 10.8. The first kappa shape index (κ1) is 15.0. The summed E-state index contributed by atoms with van der Waals surface area (Å²) in [5.41, 5.74) is 5.55. The number of pyridine rings is 1. The second kappa shape index (κ2) is 6.35. The van der Waals surface area contributed by atoms with Crippen LogP contribution in [-0.4, -0.2) is 45.3 Å². The molecule has 1 saturated carbocycles. The number of aliphatic hydroxyl groups excluding tert-OH is 1. The zero-order valence-electron chi connectivity index (χ0n) is 11.3. The van der Waals surface area contributed by atoms with Gasteiger partial charge in [0.25, 0.3) is 5.69 Å². The van der Waals surface area contributed by atoms with Crippen molar-refractivity contribution in [1.82, 2.24) is 4.98 Å². The third-order valence-corrected chi connectivity index (χ3v) is 3.58. The van der Waals surface area contributed by atoms with E-state index in [0.29, 0.717) is 12.4 Å². The quantitative estimate of drug-likeness (QED) is 0.227. The number of rotatable bonds is 6. The number of hydrogen-bond donors (Lipinski definition) is 3. The highest BCUT2D eigenvalue weighted by molar-refractivity contribution is 6.02. The van der Waals surface area contributed by atoms with Crippen molar-refractivity contribution >= 4 is 17.3 Å². The monoisotopic (exact) mass is 295 g/mol. The second-order valence-electron chi connectivity index (χ2n) is 4.81. The van der Waals surface area contributed by atoms with Crippen LogP contribution < -0.4 is 10.6 Å². The summed E-state index contributed by atoms with van der Waals surface area (Å²) >= 11 is 0. The van der Waals surface area contributed by atoms with Gasteiger partial charge in [-0.3, -0.25) is 10.1 Å². The molecule has 9 nitrogen and oxygen atoms in total. The maximum atomic E-state index is 10.8. The number of oxime groups is 1. The van der Waals surface area contributed by atoms with E-state index in [1.54, 1.807) is 0 Å². The fourth-order valence-electron chi connectivity index (χ4n) is 2.29. The van der Waals surface area contributed by atoms with Crippen molar-refractivity contribution in [2.45, 2.75) is 25.3 Å². The van der Waals surface area contributed by atoms with Gasteiger partial charge in [-0.1, -0.05) is 5.16 Å². The molecule has 0 unspecified atom stereocenters. The zero-order chi connectivity index (χ0) is 15.4. The van der Waals surface area contributed by atoms with Crippen molar-refractivity contribution in [3.05, 3.63) is 27.9 Å². The number of aromatic nitrogens is 1. The van der Waals surface area contributed by atoms with E-state index >= 15 is 0 Å². The van der Waals surface area contributed by atoms with Crippen LogP contribution >= 0.6 is 0 Å². The summed E-state index contributed by atoms with van der Waals surface area (Å²) in [4.78, 5) is 16.2. The van der Waals surface area contributed by atoms with Crippen LogP contribution in [0.15, 0.2) is 17.4 Å². The Kier molecular flexibility index (Phi) is 4.53. The van der Waals surface area contributed by atoms with Crippen molar-refractivity contribution in [2.24, 2.45) is 10.9 Å². The molecular formula is C12H17N5O4. The lowest BCUT2D eigenvalue weighted by molar-refractivity contribution is -0.385. The Balaban J connectivity index is 2.46. The number of nitrogens with two attached hydrogens (primary N) is 1. The summed E-state index contributed by atoms with van der Waals surface area (Å²) in [6.07, 6.45) is 4.12. The van der Waals surface area contributed by atoms with Crippen LogP contribution in [0.25, 0.3) is 0 Å². The molecule has 0 bridgehead atoms. The van der Waals surface area contributed by atoms with Crippen LogP contribution in [0.5, 0.6) is 0 Å². The summed E-state index contributed by atoms with van der Waals surface area (Å²) in [5.74, 6) is 0.137. The first-order valence-electron chi connectivity index (χ1n) is 6.58. The van der Waals surface area contributed by atoms with Gasteiger partial charge in [-0.25, -0.2) is 4.98 Å². The smallest absolute Gasteiger partial charge is 0.288 e. The van der Waals surface area contributed by atoms with Crippen molar-refractivity contribution < 1.29 is 15.2 Å². The van der Waals surface area contributed by atoms with Crippen LogP contribution in [0.2, 0.25) is 0 Å². The van der Waals surface area contributed by atoms with Gasteiger partial charge >= 0.3 is 0 Å². The first-order valence-corrected chi connectivity index (χ1v) is 6.58. The van der Waals surface area contributed by atoms with Gasteiger partial charge in [-0.2, -0.15) is 0 Å². The Morgan fingerprint density at radius 1 is 1.62 bits per heavy atom. The minimum absolute atomic E-state index is 0.0786. The average molecular weight is 295 g/mol. The highest BCUT2D eigenvalue weighted by Gasteiger charge is 2.29. The molecule has 0 aromatic carbocycles. The lowest BCUT2D eigenvalue weighted by Gasteiger charge is -2.38. The molecule has 1 aromatic rings. The van der Waals surface area contributed by atoms with Gasteiger partial charge in [-0.15, -0.1) is 0 Å². The van der Waals surface area contributed by atoms with Gasteiger partial charge in [0.2, 0.25) is 0 Å². The second-order valence-corrected chi connectivity index (χ2v) is 4.81. The van der Waals surface area contributed by atoms with Gasteiger partial charge in [0.15, 0.2) is 5.84 Å². The van der Waals surface area contributed by atoms with Crippen LogP contribution in [-0.2, 0) is 0 Å². The van der Waals surface area contributed by atoms with E-state index in [4.69, 9.17) is 10.9 Å². The summed E-state index contributed by atoms with van der Waals surface area (Å²) in [5, 5.41) is 31.8. The van der Waals surface area contributed by atoms with Gasteiger partial charge < -0.3 is 20.9 Å². The third-order valence-electron chi connectivity index (χ3n) is 3.58. The molecule has 4 N–H and O–H groups in total. The molecule has 0 aliphatic heterocycles. The Bertz CT molecular complexity index is 559. The van der Waals surface area contributed by atoms with E-state index in [0.717, 1.165) is 25.5 Å². The molecule has 0 amide bonds. The Morgan fingerprint density at radius 2 is 2.33 bits per heavy atom. The van der Waals surface area contributed by atoms with E-state index in [1.165, 1.54) is 6.07 Å². The van der Waals surface area contributed by atoms with Crippen LogP contribution in [0.1, 0.15) is 24.8 Å². The van der Waals surface area contributed by atoms with Gasteiger partial charge in [0.05, 0.1) is 17.1 Å². The van der Waals surface area contributed by atoms with Gasteiger partial charge in [0, 0.05) is 18.7 Å². The molecular weight excluding hydrogens is 278 g/mol. The maximum Gasteiger partial charge on any atom is 0.288 e. The normalized spacial score (nSPS) is 15.6. The van der Waals surface area contributed by atoms with E-state index in [1.807, 2.05) is 4.90 Å². The fourth-order valence-corrected chi connectivity index (χ4v) is 2.29. The Morgan fingerprint density at radius 3 is 2.81 bits per heavy atom. The summed E-state index contributed by atoms with van der Waals surface area (Å²) in [6, 6.07) is 1.43. The van der Waals surface area contributed by atoms with Gasteiger partial charge in [0.1, 0.15) is 12.0 Å². The summed E-state index contributed by atoms with van der Waals surface area (Å²) < 4.78 is 0. The van der Waals surface area contributed by atoms with Crippen molar-refractivity contribution in [3.8, 4) is 0 Å². The fraction of sp³-hybridized carbons (Fsp3) is 0.500. The predicted octanol–water partition coefficient (Wildman–Crippen LogP) is 0.435. The van der Waals surface area contributed by atoms with Gasteiger partial charge in [-0.05, 0) is 19.3 Å². The molecule has 1 aliphatic carbocycles. The van der Waals surface area contributed by atoms with Crippen molar-refractivity contribution in [1.29, 1.82) is 0 Å². The number of anilines is 1. The molecule has 9 heteroatoms. The van der Waals surface area contributed by atoms with Crippen LogP contribution in [0.4, 0.5) is 11.5 Å². The van der Waals surface area contributed by atoms with Crippen molar-refractivity contribution in [3.63, 3.8) is 0 Å². The Labute approximate surface area is 120 Å². The molecule has 1 fully saturated rings. The number of amidine groups is 1. The minimum Gasteiger partial charge on any atom is -0.409 e. The molecule has 21 heavy (non-hydrogen) atoms. The van der Waals surface area contributed by atoms with E-state index in [9.17, 15) is 15.2 Å². The highest BCUT2D eigenvalue weighted by Crippen LogP contribution is 2.31. The summed E-state index contributed by atoms with van der Waals surface area (Å²) in [6.45, 7) is 0.256. The number of nitro groups is 1. The first-order chi connectivity index (χ1) is 10.1. The number of aliphatic hydroxyl groups is 1. The molecule has 0 spiro atoms. The van der Waals surface area contributed by atoms with E-state index < -0.39 is 4.92 Å². The lowest BCUT2D eigenvalue weighted by Crippen LogP contribution is -2.43. The molecule has 0 radical (unpaired) electrons. The standard InChI is InChI=1S/C12H17N5O4/c13-11(15-19)10-6-9(17(20)21)7-14-12(10)16(4-5-18)8-2-1-3-8/h6-8,18-19H,1-5H2,(H2,13,15). The molecule has 2 rings (SSSR count). The van der Waals surface area contributed by atoms with Crippen LogP contribution in [0, 0.1) is 10.1 Å². The lowest BCUT2D eigenvalue weighted by atomic mass is 9.91. The van der Waals surface area contributed by atoms with Crippen LogP contribution in [0.3, 0.4) is 0 Å². The highest BCUT2D eigenvalue weighted by atomic mass is 16.6. The Hall–Kier alpha value is -2.42. The number of hydrogen-bond acceptors (Lipinski definition) is 7. The van der Waals surface area contributed by atoms with E-state index in [2.05, 4.69) is 10.1 Å². The minimum atomic E-state index is -0.593. The number of nitrogens with zero attached hydrogens (tertiary/aromatic N) is 4. The summed E-state index contributed by atoms with van der Waals surface area (Å²) in [7, 11) is 0. The SMILES string of the molecule is N/C(=N/O)c1cc([N+](=O)[O-])cnc1N(CCO)C1CCC1.